The number of hydrogen-bond acceptors (Lipinski definition) is 6. The second-order valence-corrected chi connectivity index (χ2v) is 7.62. The van der Waals surface area contributed by atoms with Crippen LogP contribution in [0.25, 0.3) is 11.0 Å². The molecule has 0 radical (unpaired) electrons. The van der Waals surface area contributed by atoms with Crippen molar-refractivity contribution in [3.8, 4) is 12.1 Å². The Morgan fingerprint density at radius 2 is 1.93 bits per heavy atom. The molecular weight excluding hydrogens is 352 g/mol. The second kappa shape index (κ2) is 10.3. The molecule has 2 aromatic heterocycles. The zero-order valence-electron chi connectivity index (χ0n) is 17.0. The van der Waals surface area contributed by atoms with Crippen molar-refractivity contribution in [1.29, 1.82) is 5.26 Å². The van der Waals surface area contributed by atoms with Gasteiger partial charge in [-0.3, -0.25) is 0 Å². The fourth-order valence-corrected chi connectivity index (χ4v) is 3.83. The van der Waals surface area contributed by atoms with Gasteiger partial charge < -0.3 is 20.4 Å². The maximum absolute atomic E-state index is 9.51. The standard InChI is InChI=1S/C21H32N6O/c1-2-3-14-28-21-25-18-16(17(15-22)24-19(18)20(23)26-21)10-6-4-5-7-11-27-12-8-9-13-27/h24H,2-14H2,1H3,(H2,23,25,26). The van der Waals surface area contributed by atoms with Crippen LogP contribution < -0.4 is 10.5 Å². The number of nitrogens with zero attached hydrogens (tertiary/aromatic N) is 4. The quantitative estimate of drug-likeness (QED) is 0.571. The fraction of sp³-hybridized carbons (Fsp3) is 0.667. The molecule has 0 bridgehead atoms. The first-order chi connectivity index (χ1) is 13.7. The van der Waals surface area contributed by atoms with E-state index in [0.717, 1.165) is 43.2 Å². The number of hydrogen-bond donors (Lipinski definition) is 2. The molecule has 0 amide bonds. The van der Waals surface area contributed by atoms with Gasteiger partial charge in [0.25, 0.3) is 0 Å². The zero-order valence-corrected chi connectivity index (χ0v) is 17.0. The van der Waals surface area contributed by atoms with E-state index in [2.05, 4.69) is 32.8 Å². The first kappa shape index (κ1) is 20.4. The summed E-state index contributed by atoms with van der Waals surface area (Å²) in [6.07, 6.45) is 10.2. The van der Waals surface area contributed by atoms with Crippen molar-refractivity contribution in [2.75, 3.05) is 32.0 Å². The Morgan fingerprint density at radius 1 is 1.14 bits per heavy atom. The number of nitrogen functional groups attached to an aromatic ring is 1. The van der Waals surface area contributed by atoms with Crippen LogP contribution in [0.15, 0.2) is 0 Å². The number of aromatic nitrogens is 3. The zero-order chi connectivity index (χ0) is 19.8. The van der Waals surface area contributed by atoms with Crippen molar-refractivity contribution in [2.45, 2.75) is 64.7 Å². The lowest BCUT2D eigenvalue weighted by molar-refractivity contribution is 0.287. The summed E-state index contributed by atoms with van der Waals surface area (Å²) in [6.45, 7) is 6.44. The van der Waals surface area contributed by atoms with Crippen LogP contribution in [0.4, 0.5) is 5.82 Å². The number of unbranched alkanes of at least 4 members (excludes halogenated alkanes) is 4. The van der Waals surface area contributed by atoms with Gasteiger partial charge in [0.1, 0.15) is 22.8 Å². The summed E-state index contributed by atoms with van der Waals surface area (Å²) in [4.78, 5) is 14.4. The van der Waals surface area contributed by atoms with Gasteiger partial charge in [-0.2, -0.15) is 15.2 Å². The van der Waals surface area contributed by atoms with Crippen molar-refractivity contribution >= 4 is 16.9 Å². The lowest BCUT2D eigenvalue weighted by Gasteiger charge is -2.13. The number of nitriles is 1. The summed E-state index contributed by atoms with van der Waals surface area (Å²) < 4.78 is 5.64. The van der Waals surface area contributed by atoms with Crippen LogP contribution in [0.3, 0.4) is 0 Å². The summed E-state index contributed by atoms with van der Waals surface area (Å²) in [5, 5.41) is 9.51. The largest absolute Gasteiger partial charge is 0.463 e. The molecule has 1 aliphatic rings. The van der Waals surface area contributed by atoms with Crippen LogP contribution in [0.5, 0.6) is 6.01 Å². The molecule has 0 saturated carbocycles. The van der Waals surface area contributed by atoms with E-state index in [1.165, 1.54) is 45.3 Å². The van der Waals surface area contributed by atoms with Gasteiger partial charge in [-0.25, -0.2) is 0 Å². The first-order valence-electron chi connectivity index (χ1n) is 10.7. The molecule has 3 N–H and O–H groups in total. The minimum absolute atomic E-state index is 0.300. The smallest absolute Gasteiger partial charge is 0.319 e. The molecule has 1 fully saturated rings. The average molecular weight is 385 g/mol. The van der Waals surface area contributed by atoms with Gasteiger partial charge >= 0.3 is 6.01 Å². The van der Waals surface area contributed by atoms with Crippen molar-refractivity contribution in [2.24, 2.45) is 0 Å². The number of aryl methyl sites for hydroxylation is 1. The topological polar surface area (TPSA) is 104 Å². The molecule has 2 aromatic rings. The van der Waals surface area contributed by atoms with E-state index in [9.17, 15) is 5.26 Å². The number of ether oxygens (including phenoxy) is 1. The van der Waals surface area contributed by atoms with E-state index < -0.39 is 0 Å². The van der Waals surface area contributed by atoms with Crippen LogP contribution in [-0.4, -0.2) is 46.1 Å². The van der Waals surface area contributed by atoms with Gasteiger partial charge in [0.05, 0.1) is 6.61 Å². The SMILES string of the molecule is CCCCOc1nc(N)c2[nH]c(C#N)c(CCCCCCN3CCCC3)c2n1. The molecule has 0 spiro atoms. The lowest BCUT2D eigenvalue weighted by atomic mass is 10.1. The molecule has 7 heteroatoms. The van der Waals surface area contributed by atoms with Gasteiger partial charge in [-0.15, -0.1) is 0 Å². The predicted molar refractivity (Wildman–Crippen MR) is 111 cm³/mol. The van der Waals surface area contributed by atoms with Crippen molar-refractivity contribution in [1.82, 2.24) is 19.9 Å². The molecule has 1 saturated heterocycles. The van der Waals surface area contributed by atoms with Crippen molar-refractivity contribution in [3.63, 3.8) is 0 Å². The summed E-state index contributed by atoms with van der Waals surface area (Å²) in [5.74, 6) is 0.338. The monoisotopic (exact) mass is 384 g/mol. The van der Waals surface area contributed by atoms with E-state index in [-0.39, 0.29) is 0 Å². The third-order valence-corrected chi connectivity index (χ3v) is 5.44. The highest BCUT2D eigenvalue weighted by Gasteiger charge is 2.17. The normalized spacial score (nSPS) is 14.6. The summed E-state index contributed by atoms with van der Waals surface area (Å²) in [5.41, 5.74) is 8.92. The molecule has 7 nitrogen and oxygen atoms in total. The van der Waals surface area contributed by atoms with Gasteiger partial charge in [0.15, 0.2) is 5.82 Å². The highest BCUT2D eigenvalue weighted by Crippen LogP contribution is 2.27. The number of nitrogens with two attached hydrogens (primary N) is 1. The van der Waals surface area contributed by atoms with E-state index in [1.54, 1.807) is 0 Å². The summed E-state index contributed by atoms with van der Waals surface area (Å²) in [7, 11) is 0. The van der Waals surface area contributed by atoms with Crippen molar-refractivity contribution in [3.05, 3.63) is 11.3 Å². The number of rotatable bonds is 11. The Bertz CT molecular complexity index is 803. The Labute approximate surface area is 167 Å². The van der Waals surface area contributed by atoms with Crippen LogP contribution >= 0.6 is 0 Å². The molecule has 152 valence electrons. The van der Waals surface area contributed by atoms with E-state index in [4.69, 9.17) is 10.5 Å². The van der Waals surface area contributed by atoms with Gasteiger partial charge in [-0.05, 0) is 58.2 Å². The minimum atomic E-state index is 0.300. The number of likely N-dealkylation sites (tertiary alicyclic amines) is 1. The fourth-order valence-electron chi connectivity index (χ4n) is 3.83. The number of nitrogens with one attached hydrogen (secondary N) is 1. The maximum Gasteiger partial charge on any atom is 0.319 e. The maximum atomic E-state index is 9.51. The molecule has 1 aliphatic heterocycles. The van der Waals surface area contributed by atoms with Crippen LogP contribution in [0, 0.1) is 11.3 Å². The van der Waals surface area contributed by atoms with E-state index >= 15 is 0 Å². The average Bonchev–Trinajstić information content (AvgIpc) is 3.33. The molecule has 3 heterocycles. The van der Waals surface area contributed by atoms with Gasteiger partial charge in [-0.1, -0.05) is 26.2 Å². The summed E-state index contributed by atoms with van der Waals surface area (Å²) >= 11 is 0. The van der Waals surface area contributed by atoms with Crippen molar-refractivity contribution < 1.29 is 4.74 Å². The highest BCUT2D eigenvalue weighted by atomic mass is 16.5. The number of H-pyrrole nitrogens is 1. The molecule has 28 heavy (non-hydrogen) atoms. The number of fused-ring (bicyclic) bond motifs is 1. The van der Waals surface area contributed by atoms with Crippen LogP contribution in [0.1, 0.15) is 69.5 Å². The van der Waals surface area contributed by atoms with E-state index in [0.29, 0.717) is 29.6 Å². The Morgan fingerprint density at radius 3 is 2.68 bits per heavy atom. The predicted octanol–water partition coefficient (Wildman–Crippen LogP) is 3.79. The molecular formula is C21H32N6O. The third kappa shape index (κ3) is 5.14. The molecule has 0 unspecified atom stereocenters. The van der Waals surface area contributed by atoms with E-state index in [1.807, 2.05) is 0 Å². The Hall–Kier alpha value is -2.33. The molecule has 0 aromatic carbocycles. The first-order valence-corrected chi connectivity index (χ1v) is 10.7. The van der Waals surface area contributed by atoms with Gasteiger partial charge in [0, 0.05) is 5.56 Å². The highest BCUT2D eigenvalue weighted by molar-refractivity contribution is 5.89. The van der Waals surface area contributed by atoms with Gasteiger partial charge in [0.2, 0.25) is 0 Å². The Balaban J connectivity index is 1.59. The molecule has 0 atom stereocenters. The summed E-state index contributed by atoms with van der Waals surface area (Å²) in [6, 6.07) is 2.55. The minimum Gasteiger partial charge on any atom is -0.463 e. The Kier molecular flexibility index (Phi) is 7.49. The molecule has 3 rings (SSSR count). The van der Waals surface area contributed by atoms with Crippen LogP contribution in [0.2, 0.25) is 0 Å². The number of aromatic amines is 1. The number of anilines is 1. The van der Waals surface area contributed by atoms with Crippen LogP contribution in [-0.2, 0) is 6.42 Å². The lowest BCUT2D eigenvalue weighted by Crippen LogP contribution is -2.20. The molecule has 0 aliphatic carbocycles. The second-order valence-electron chi connectivity index (χ2n) is 7.62. The third-order valence-electron chi connectivity index (χ3n) is 5.44.